The molecule has 0 amide bonds. The fourth-order valence-electron chi connectivity index (χ4n) is 11.3. The molecule has 8 aromatic rings. The Hall–Kier alpha value is -6.78. The third-order valence-electron chi connectivity index (χ3n) is 15.0. The van der Waals surface area contributed by atoms with E-state index in [2.05, 4.69) is 254 Å². The molecule has 0 saturated heterocycles. The van der Waals surface area contributed by atoms with Gasteiger partial charge in [-0.3, -0.25) is 0 Å². The molecular weight excluding hydrogens is 810 g/mol. The Labute approximate surface area is 399 Å². The van der Waals surface area contributed by atoms with Gasteiger partial charge in [-0.05, 0) is 164 Å². The molecule has 3 nitrogen and oxygen atoms in total. The van der Waals surface area contributed by atoms with Crippen LogP contribution in [-0.4, -0.2) is 6.71 Å². The smallest absolute Gasteiger partial charge is 0.252 e. The van der Waals surface area contributed by atoms with Crippen molar-refractivity contribution >= 4 is 74.3 Å². The third-order valence-corrected chi connectivity index (χ3v) is 15.0. The van der Waals surface area contributed by atoms with Gasteiger partial charge in [0.05, 0.1) is 5.69 Å². The van der Waals surface area contributed by atoms with Crippen molar-refractivity contribution in [3.8, 4) is 11.1 Å². The Morgan fingerprint density at radius 2 is 0.970 bits per heavy atom. The first kappa shape index (κ1) is 42.8. The van der Waals surface area contributed by atoms with Gasteiger partial charge in [0.2, 0.25) is 0 Å². The molecule has 0 unspecified atom stereocenters. The second kappa shape index (κ2) is 15.7. The maximum absolute atomic E-state index is 2.64. The van der Waals surface area contributed by atoms with Crippen LogP contribution in [-0.2, 0) is 22.7 Å². The maximum atomic E-state index is 2.64. The summed E-state index contributed by atoms with van der Waals surface area (Å²) in [5.74, 6) is 0. The molecular formula is C63H62BN3. The fourth-order valence-corrected chi connectivity index (χ4v) is 11.3. The van der Waals surface area contributed by atoms with E-state index < -0.39 is 0 Å². The minimum atomic E-state index is -0.0479. The number of hydrogen-bond donors (Lipinski definition) is 0. The average molecular weight is 872 g/mol. The van der Waals surface area contributed by atoms with Crippen LogP contribution in [0.4, 0.5) is 51.2 Å². The lowest BCUT2D eigenvalue weighted by atomic mass is 9.33. The van der Waals surface area contributed by atoms with Crippen molar-refractivity contribution in [2.45, 2.75) is 98.3 Å². The molecule has 1 aliphatic carbocycles. The number of benzene rings is 8. The summed E-state index contributed by atoms with van der Waals surface area (Å²) >= 11 is 0. The van der Waals surface area contributed by atoms with Gasteiger partial charge < -0.3 is 14.7 Å². The topological polar surface area (TPSA) is 9.72 Å². The molecule has 3 aliphatic rings. The summed E-state index contributed by atoms with van der Waals surface area (Å²) in [6.45, 7) is 23.4. The van der Waals surface area contributed by atoms with Crippen molar-refractivity contribution in [3.05, 3.63) is 203 Å². The number of aryl methyl sites for hydroxylation is 3. The lowest BCUT2D eigenvalue weighted by Crippen LogP contribution is -2.61. The molecule has 4 heteroatoms. The van der Waals surface area contributed by atoms with Crippen LogP contribution in [0, 0.1) is 13.8 Å². The van der Waals surface area contributed by atoms with E-state index in [4.69, 9.17) is 0 Å². The van der Waals surface area contributed by atoms with Gasteiger partial charge in [0.15, 0.2) is 0 Å². The predicted molar refractivity (Wildman–Crippen MR) is 289 cm³/mol. The van der Waals surface area contributed by atoms with Crippen LogP contribution in [0.15, 0.2) is 170 Å². The van der Waals surface area contributed by atoms with E-state index in [1.165, 1.54) is 95.0 Å². The fraction of sp³-hybridized carbons (Fsp3) is 0.238. The van der Waals surface area contributed by atoms with E-state index in [9.17, 15) is 0 Å². The zero-order chi connectivity index (χ0) is 46.6. The third kappa shape index (κ3) is 7.19. The Bertz CT molecular complexity index is 3170. The first-order chi connectivity index (χ1) is 32.1. The summed E-state index contributed by atoms with van der Waals surface area (Å²) in [5.41, 5.74) is 25.5. The Kier molecular flexibility index (Phi) is 10.0. The Balaban J connectivity index is 1.29. The molecule has 2 heterocycles. The summed E-state index contributed by atoms with van der Waals surface area (Å²) in [6.07, 6.45) is 2.24. The molecule has 67 heavy (non-hydrogen) atoms. The van der Waals surface area contributed by atoms with Gasteiger partial charge in [0.25, 0.3) is 6.71 Å². The highest BCUT2D eigenvalue weighted by molar-refractivity contribution is 7.00. The largest absolute Gasteiger partial charge is 0.311 e. The van der Waals surface area contributed by atoms with Gasteiger partial charge >= 0.3 is 0 Å². The van der Waals surface area contributed by atoms with Crippen molar-refractivity contribution in [2.24, 2.45) is 0 Å². The predicted octanol–water partition coefficient (Wildman–Crippen LogP) is 15.3. The number of nitrogens with zero attached hydrogens (tertiary/aromatic N) is 3. The lowest BCUT2D eigenvalue weighted by molar-refractivity contribution is 0.522. The molecule has 0 saturated carbocycles. The van der Waals surface area contributed by atoms with E-state index in [1.807, 2.05) is 0 Å². The average Bonchev–Trinajstić information content (AvgIpc) is 3.61. The van der Waals surface area contributed by atoms with Crippen LogP contribution < -0.4 is 31.1 Å². The normalized spacial score (nSPS) is 14.6. The number of fused-ring (bicyclic) bond motifs is 5. The zero-order valence-corrected chi connectivity index (χ0v) is 41.0. The molecule has 11 rings (SSSR count). The maximum Gasteiger partial charge on any atom is 0.252 e. The highest BCUT2D eigenvalue weighted by Crippen LogP contribution is 2.51. The molecule has 2 aliphatic heterocycles. The van der Waals surface area contributed by atoms with E-state index in [0.717, 1.165) is 29.9 Å². The minimum absolute atomic E-state index is 0.0182. The number of anilines is 9. The summed E-state index contributed by atoms with van der Waals surface area (Å²) in [4.78, 5) is 7.70. The summed E-state index contributed by atoms with van der Waals surface area (Å²) in [7, 11) is 0. The van der Waals surface area contributed by atoms with Crippen molar-refractivity contribution in [3.63, 3.8) is 0 Å². The Morgan fingerprint density at radius 1 is 0.463 bits per heavy atom. The van der Waals surface area contributed by atoms with Crippen molar-refractivity contribution in [2.75, 3.05) is 14.7 Å². The van der Waals surface area contributed by atoms with Gasteiger partial charge in [-0.15, -0.1) is 0 Å². The standard InChI is InChI=1S/C63H62BN3/c1-41-34-46(61(3,4)5)27-30-54(41)66-56-31-28-47(62(6,7)8)38-53(56)64-52-36-44(43-20-14-11-15-21-43)26-29-55(52)67(57-37-45-32-33-63(9,10)51(45)35-42(57)2)59-40-50(39-58(66)60(59)64)65(48-22-16-12-17-23-48)49-24-18-13-19-25-49/h11-31,34-40H,32-33H2,1-10H3. The number of hydrogen-bond acceptors (Lipinski definition) is 3. The van der Waals surface area contributed by atoms with E-state index in [1.54, 1.807) is 0 Å². The van der Waals surface area contributed by atoms with Gasteiger partial charge in [-0.25, -0.2) is 0 Å². The van der Waals surface area contributed by atoms with Crippen LogP contribution in [0.3, 0.4) is 0 Å². The molecule has 332 valence electrons. The molecule has 0 bridgehead atoms. The molecule has 8 aromatic carbocycles. The van der Waals surface area contributed by atoms with Crippen LogP contribution in [0.2, 0.25) is 0 Å². The number of rotatable bonds is 6. The summed E-state index contributed by atoms with van der Waals surface area (Å²) < 4.78 is 0. The molecule has 0 fully saturated rings. The van der Waals surface area contributed by atoms with Gasteiger partial charge in [-0.1, -0.05) is 165 Å². The van der Waals surface area contributed by atoms with Crippen molar-refractivity contribution < 1.29 is 0 Å². The van der Waals surface area contributed by atoms with Crippen LogP contribution in [0.25, 0.3) is 11.1 Å². The van der Waals surface area contributed by atoms with Gasteiger partial charge in [0, 0.05) is 45.5 Å². The Morgan fingerprint density at radius 3 is 1.55 bits per heavy atom. The van der Waals surface area contributed by atoms with E-state index in [-0.39, 0.29) is 23.0 Å². The highest BCUT2D eigenvalue weighted by atomic mass is 15.2. The molecule has 0 radical (unpaired) electrons. The SMILES string of the molecule is Cc1cc(C(C)(C)C)ccc1N1c2ccc(C(C)(C)C)cc2B2c3cc(-c4ccccc4)ccc3N(c3cc4c(cc3C)C(C)(C)CC4)c3cc(N(c4ccccc4)c4ccccc4)cc1c32. The van der Waals surface area contributed by atoms with E-state index in [0.29, 0.717) is 0 Å². The van der Waals surface area contributed by atoms with Crippen molar-refractivity contribution in [1.29, 1.82) is 0 Å². The summed E-state index contributed by atoms with van der Waals surface area (Å²) in [6, 6.07) is 64.6. The quantitative estimate of drug-likeness (QED) is 0.154. The second-order valence-electron chi connectivity index (χ2n) is 22.1. The molecule has 0 atom stereocenters. The highest BCUT2D eigenvalue weighted by Gasteiger charge is 2.45. The van der Waals surface area contributed by atoms with Gasteiger partial charge in [0.1, 0.15) is 0 Å². The second-order valence-corrected chi connectivity index (χ2v) is 22.1. The van der Waals surface area contributed by atoms with Gasteiger partial charge in [-0.2, -0.15) is 0 Å². The lowest BCUT2D eigenvalue weighted by Gasteiger charge is -2.46. The van der Waals surface area contributed by atoms with Crippen LogP contribution in [0.5, 0.6) is 0 Å². The monoisotopic (exact) mass is 872 g/mol. The van der Waals surface area contributed by atoms with Crippen molar-refractivity contribution in [1.82, 2.24) is 0 Å². The molecule has 0 spiro atoms. The molecule has 0 N–H and O–H groups in total. The van der Waals surface area contributed by atoms with Crippen LogP contribution >= 0.6 is 0 Å². The van der Waals surface area contributed by atoms with Crippen LogP contribution in [0.1, 0.15) is 95.2 Å². The zero-order valence-electron chi connectivity index (χ0n) is 41.0. The number of para-hydroxylation sites is 2. The first-order valence-electron chi connectivity index (χ1n) is 24.3. The summed E-state index contributed by atoms with van der Waals surface area (Å²) in [5, 5.41) is 0. The minimum Gasteiger partial charge on any atom is -0.311 e. The van der Waals surface area contributed by atoms with E-state index >= 15 is 0 Å². The molecule has 0 aromatic heterocycles. The first-order valence-corrected chi connectivity index (χ1v) is 24.3.